The first-order chi connectivity index (χ1) is 29.5. The van der Waals surface area contributed by atoms with Gasteiger partial charge in [0.15, 0.2) is 17.5 Å². The summed E-state index contributed by atoms with van der Waals surface area (Å²) < 4.78 is 2.54. The molecule has 0 bridgehead atoms. The number of hydrogen-bond donors (Lipinski definition) is 0. The number of para-hydroxylation sites is 1. The minimum absolute atomic E-state index is 0.0712. The van der Waals surface area contributed by atoms with Crippen LogP contribution >= 0.6 is 11.3 Å². The van der Waals surface area contributed by atoms with Crippen molar-refractivity contribution in [3.63, 3.8) is 0 Å². The van der Waals surface area contributed by atoms with Gasteiger partial charge in [-0.25, -0.2) is 19.9 Å². The Morgan fingerprint density at radius 1 is 0.367 bits per heavy atom. The molecule has 0 amide bonds. The molecular weight excluding hydrogens is 749 g/mol. The van der Waals surface area contributed by atoms with Crippen LogP contribution in [-0.2, 0) is 5.41 Å². The van der Waals surface area contributed by atoms with Gasteiger partial charge in [0.25, 0.3) is 0 Å². The first kappa shape index (κ1) is 34.7. The van der Waals surface area contributed by atoms with Crippen molar-refractivity contribution in [2.24, 2.45) is 0 Å². The Morgan fingerprint density at radius 3 is 1.73 bits per heavy atom. The smallest absolute Gasteiger partial charge is 0.164 e. The fourth-order valence-electron chi connectivity index (χ4n) is 9.33. The summed E-state index contributed by atoms with van der Waals surface area (Å²) >= 11 is 1.85. The molecule has 1 aliphatic rings. The third kappa shape index (κ3) is 5.43. The predicted octanol–water partition coefficient (Wildman–Crippen LogP) is 14.6. The molecule has 0 saturated carbocycles. The molecule has 1 aliphatic carbocycles. The second kappa shape index (κ2) is 13.3. The Bertz CT molecular complexity index is 3500. The molecule has 3 aromatic heterocycles. The van der Waals surface area contributed by atoms with Crippen LogP contribution in [-0.4, -0.2) is 19.9 Å². The van der Waals surface area contributed by atoms with E-state index in [1.807, 2.05) is 29.5 Å². The first-order valence-electron chi connectivity index (χ1n) is 20.4. The van der Waals surface area contributed by atoms with Crippen LogP contribution < -0.4 is 0 Å². The van der Waals surface area contributed by atoms with Gasteiger partial charge in [0.05, 0.1) is 11.2 Å². The zero-order chi connectivity index (χ0) is 40.0. The summed E-state index contributed by atoms with van der Waals surface area (Å²) in [5.41, 5.74) is 13.4. The van der Waals surface area contributed by atoms with E-state index >= 15 is 0 Å². The summed E-state index contributed by atoms with van der Waals surface area (Å²) in [5.74, 6) is 1.96. The van der Waals surface area contributed by atoms with Crippen molar-refractivity contribution in [2.75, 3.05) is 0 Å². The summed E-state index contributed by atoms with van der Waals surface area (Å²) in [6.45, 7) is 4.61. The number of nitrogens with zero attached hydrogens (tertiary/aromatic N) is 4. The number of hydrogen-bond acceptors (Lipinski definition) is 5. The molecule has 12 rings (SSSR count). The van der Waals surface area contributed by atoms with Gasteiger partial charge in [0, 0.05) is 64.0 Å². The fraction of sp³-hybridized carbons (Fsp3) is 0.0545. The normalized spacial score (nSPS) is 13.0. The van der Waals surface area contributed by atoms with Gasteiger partial charge in [-0.3, -0.25) is 0 Å². The Hall–Kier alpha value is -7.34. The monoisotopic (exact) mass is 784 g/mol. The van der Waals surface area contributed by atoms with E-state index in [0.717, 1.165) is 44.6 Å². The van der Waals surface area contributed by atoms with Gasteiger partial charge < -0.3 is 0 Å². The molecule has 0 unspecified atom stereocenters. The maximum absolute atomic E-state index is 5.20. The number of benzene rings is 8. The highest BCUT2D eigenvalue weighted by Crippen LogP contribution is 2.50. The van der Waals surface area contributed by atoms with E-state index in [1.165, 1.54) is 58.6 Å². The molecule has 0 N–H and O–H groups in total. The molecule has 0 aliphatic heterocycles. The first-order valence-corrected chi connectivity index (χ1v) is 21.2. The van der Waals surface area contributed by atoms with Gasteiger partial charge in [-0.1, -0.05) is 166 Å². The van der Waals surface area contributed by atoms with Crippen molar-refractivity contribution >= 4 is 53.2 Å². The van der Waals surface area contributed by atoms with Gasteiger partial charge in [-0.05, 0) is 63.7 Å². The zero-order valence-electron chi connectivity index (χ0n) is 33.0. The average Bonchev–Trinajstić information content (AvgIpc) is 3.80. The Morgan fingerprint density at radius 2 is 0.950 bits per heavy atom. The summed E-state index contributed by atoms with van der Waals surface area (Å²) in [6.07, 6.45) is 0. The molecule has 60 heavy (non-hydrogen) atoms. The van der Waals surface area contributed by atoms with Gasteiger partial charge in [-0.2, -0.15) is 0 Å². The summed E-state index contributed by atoms with van der Waals surface area (Å²) in [7, 11) is 0. The molecule has 8 aromatic carbocycles. The number of fused-ring (bicyclic) bond motifs is 10. The Kier molecular flexibility index (Phi) is 7.72. The van der Waals surface area contributed by atoms with Crippen LogP contribution in [0.4, 0.5) is 0 Å². The summed E-state index contributed by atoms with van der Waals surface area (Å²) in [6, 6.07) is 64.8. The topological polar surface area (TPSA) is 51.6 Å². The van der Waals surface area contributed by atoms with Crippen LogP contribution in [0.5, 0.6) is 0 Å². The summed E-state index contributed by atoms with van der Waals surface area (Å²) in [5, 5.41) is 6.14. The highest BCUT2D eigenvalue weighted by Gasteiger charge is 2.35. The Balaban J connectivity index is 0.973. The lowest BCUT2D eigenvalue weighted by molar-refractivity contribution is 0.660. The van der Waals surface area contributed by atoms with E-state index < -0.39 is 0 Å². The van der Waals surface area contributed by atoms with E-state index in [-0.39, 0.29) is 5.41 Å². The standard InChI is InChI=1S/C55H36N4S/c1-55(2)44-19-11-9-17-39(44)42-32-38(25-28-45(42)55)54-58-52(35-15-7-4-8-16-35)57-53(59-54)36-23-21-33(22-24-36)37-26-29-47-43(31-37)50-48(60-47)30-27-41-49(50)40-18-10-12-20-46(40)56-51(41)34-13-5-3-6-14-34/h3-32H,1-2H3. The molecule has 0 fully saturated rings. The van der Waals surface area contributed by atoms with Gasteiger partial charge >= 0.3 is 0 Å². The minimum atomic E-state index is -0.0712. The lowest BCUT2D eigenvalue weighted by Gasteiger charge is -2.21. The number of rotatable bonds is 5. The van der Waals surface area contributed by atoms with Crippen LogP contribution in [0.2, 0.25) is 0 Å². The number of thiophene rings is 1. The highest BCUT2D eigenvalue weighted by atomic mass is 32.1. The zero-order valence-corrected chi connectivity index (χ0v) is 33.8. The van der Waals surface area contributed by atoms with E-state index in [0.29, 0.717) is 17.5 Å². The van der Waals surface area contributed by atoms with Crippen molar-refractivity contribution in [3.05, 3.63) is 193 Å². The van der Waals surface area contributed by atoms with E-state index in [2.05, 4.69) is 178 Å². The second-order valence-electron chi connectivity index (χ2n) is 16.2. The van der Waals surface area contributed by atoms with Crippen LogP contribution in [0, 0.1) is 0 Å². The van der Waals surface area contributed by atoms with Crippen LogP contribution in [0.25, 0.3) is 110 Å². The largest absolute Gasteiger partial charge is 0.247 e. The van der Waals surface area contributed by atoms with E-state index in [4.69, 9.17) is 19.9 Å². The molecule has 4 nitrogen and oxygen atoms in total. The molecule has 3 heterocycles. The lowest BCUT2D eigenvalue weighted by Crippen LogP contribution is -2.14. The molecule has 11 aromatic rings. The van der Waals surface area contributed by atoms with Crippen molar-refractivity contribution < 1.29 is 0 Å². The highest BCUT2D eigenvalue weighted by molar-refractivity contribution is 7.26. The third-order valence-electron chi connectivity index (χ3n) is 12.3. The van der Waals surface area contributed by atoms with Gasteiger partial charge in [-0.15, -0.1) is 11.3 Å². The van der Waals surface area contributed by atoms with Crippen molar-refractivity contribution in [1.29, 1.82) is 0 Å². The maximum atomic E-state index is 5.20. The maximum Gasteiger partial charge on any atom is 0.164 e. The third-order valence-corrected chi connectivity index (χ3v) is 13.5. The summed E-state index contributed by atoms with van der Waals surface area (Å²) in [4.78, 5) is 20.5. The number of pyridine rings is 1. The molecular formula is C55H36N4S. The van der Waals surface area contributed by atoms with Crippen molar-refractivity contribution in [3.8, 4) is 67.7 Å². The molecule has 282 valence electrons. The van der Waals surface area contributed by atoms with Gasteiger partial charge in [0.1, 0.15) is 0 Å². The van der Waals surface area contributed by atoms with Crippen molar-refractivity contribution in [1.82, 2.24) is 19.9 Å². The average molecular weight is 785 g/mol. The molecule has 0 saturated heterocycles. The number of aromatic nitrogens is 4. The second-order valence-corrected chi connectivity index (χ2v) is 17.3. The van der Waals surface area contributed by atoms with Crippen LogP contribution in [0.1, 0.15) is 25.0 Å². The quantitative estimate of drug-likeness (QED) is 0.163. The molecule has 0 spiro atoms. The van der Waals surface area contributed by atoms with Crippen molar-refractivity contribution in [2.45, 2.75) is 19.3 Å². The van der Waals surface area contributed by atoms with Crippen LogP contribution in [0.3, 0.4) is 0 Å². The van der Waals surface area contributed by atoms with Crippen LogP contribution in [0.15, 0.2) is 182 Å². The van der Waals surface area contributed by atoms with E-state index in [9.17, 15) is 0 Å². The minimum Gasteiger partial charge on any atom is -0.247 e. The van der Waals surface area contributed by atoms with E-state index in [1.54, 1.807) is 0 Å². The van der Waals surface area contributed by atoms with Gasteiger partial charge in [0.2, 0.25) is 0 Å². The lowest BCUT2D eigenvalue weighted by atomic mass is 9.82. The molecule has 5 heteroatoms. The molecule has 0 radical (unpaired) electrons. The SMILES string of the molecule is CC1(C)c2ccccc2-c2cc(-c3nc(-c4ccccc4)nc(-c4ccc(-c5ccc6sc7ccc8c(-c9ccccc9)nc9ccccc9c8c7c6c5)cc4)n3)ccc21. The Labute approximate surface area is 351 Å². The fourth-order valence-corrected chi connectivity index (χ4v) is 10.4. The predicted molar refractivity (Wildman–Crippen MR) is 250 cm³/mol. The molecule has 0 atom stereocenters.